The van der Waals surface area contributed by atoms with Crippen LogP contribution in [0.2, 0.25) is 0 Å². The molecular formula is C8H12O3. The summed E-state index contributed by atoms with van der Waals surface area (Å²) < 4.78 is 10.7. The zero-order valence-electron chi connectivity index (χ0n) is 6.41. The van der Waals surface area contributed by atoms with Crippen molar-refractivity contribution < 1.29 is 14.3 Å². The maximum atomic E-state index is 11.2. The molecule has 0 N–H and O–H groups in total. The molecule has 62 valence electrons. The number of Topliss-reactive ketones (excluding diaryl/α,β-unsaturated/α-hetero) is 1. The summed E-state index contributed by atoms with van der Waals surface area (Å²) in [4.78, 5) is 11.2. The standard InChI is InChI=1S/C8H12O3/c9-6-2-1-3-7-8(6)11-5-4-10-7/h7-8H,1-5H2. The molecule has 2 atom stereocenters. The van der Waals surface area contributed by atoms with Crippen LogP contribution in [-0.2, 0) is 14.3 Å². The van der Waals surface area contributed by atoms with E-state index in [2.05, 4.69) is 0 Å². The smallest absolute Gasteiger partial charge is 0.164 e. The summed E-state index contributed by atoms with van der Waals surface area (Å²) in [6.45, 7) is 1.22. The molecule has 1 aliphatic heterocycles. The van der Waals surface area contributed by atoms with Crippen LogP contribution < -0.4 is 0 Å². The Morgan fingerprint density at radius 2 is 2.09 bits per heavy atom. The molecule has 0 spiro atoms. The molecule has 1 aliphatic carbocycles. The Kier molecular flexibility index (Phi) is 1.92. The average molecular weight is 156 g/mol. The molecule has 1 saturated heterocycles. The SMILES string of the molecule is O=C1CCCC2OCCOC12. The minimum absolute atomic E-state index is 0.0602. The van der Waals surface area contributed by atoms with Crippen molar-refractivity contribution in [2.45, 2.75) is 31.5 Å². The van der Waals surface area contributed by atoms with Gasteiger partial charge in [0.2, 0.25) is 0 Å². The minimum Gasteiger partial charge on any atom is -0.373 e. The molecule has 11 heavy (non-hydrogen) atoms. The second-order valence-electron chi connectivity index (χ2n) is 3.06. The maximum Gasteiger partial charge on any atom is 0.164 e. The molecule has 1 saturated carbocycles. The van der Waals surface area contributed by atoms with E-state index in [4.69, 9.17) is 9.47 Å². The first kappa shape index (κ1) is 7.25. The van der Waals surface area contributed by atoms with Gasteiger partial charge in [-0.2, -0.15) is 0 Å². The van der Waals surface area contributed by atoms with Gasteiger partial charge in [-0.05, 0) is 12.8 Å². The molecule has 2 fully saturated rings. The Labute approximate surface area is 65.7 Å². The predicted molar refractivity (Wildman–Crippen MR) is 38.3 cm³/mol. The van der Waals surface area contributed by atoms with Crippen molar-refractivity contribution >= 4 is 5.78 Å². The predicted octanol–water partition coefficient (Wildman–Crippen LogP) is 0.523. The third-order valence-electron chi connectivity index (χ3n) is 2.28. The van der Waals surface area contributed by atoms with Gasteiger partial charge in [-0.1, -0.05) is 0 Å². The van der Waals surface area contributed by atoms with Crippen molar-refractivity contribution in [2.24, 2.45) is 0 Å². The van der Waals surface area contributed by atoms with E-state index in [0.717, 1.165) is 12.8 Å². The summed E-state index contributed by atoms with van der Waals surface area (Å²) in [5.41, 5.74) is 0. The van der Waals surface area contributed by atoms with Gasteiger partial charge in [-0.25, -0.2) is 0 Å². The monoisotopic (exact) mass is 156 g/mol. The highest BCUT2D eigenvalue weighted by molar-refractivity contribution is 5.84. The molecule has 0 radical (unpaired) electrons. The molecule has 2 unspecified atom stereocenters. The molecule has 2 aliphatic rings. The zero-order chi connectivity index (χ0) is 7.68. The van der Waals surface area contributed by atoms with E-state index in [1.54, 1.807) is 0 Å². The quantitative estimate of drug-likeness (QED) is 0.513. The highest BCUT2D eigenvalue weighted by Crippen LogP contribution is 2.23. The van der Waals surface area contributed by atoms with E-state index in [-0.39, 0.29) is 18.0 Å². The van der Waals surface area contributed by atoms with Crippen LogP contribution in [0.3, 0.4) is 0 Å². The average Bonchev–Trinajstić information content (AvgIpc) is 2.06. The number of carbonyl (C=O) groups is 1. The molecule has 0 aromatic heterocycles. The second kappa shape index (κ2) is 2.91. The Balaban J connectivity index is 2.05. The third-order valence-corrected chi connectivity index (χ3v) is 2.28. The lowest BCUT2D eigenvalue weighted by Crippen LogP contribution is -2.46. The Morgan fingerprint density at radius 1 is 1.27 bits per heavy atom. The van der Waals surface area contributed by atoms with Gasteiger partial charge < -0.3 is 9.47 Å². The first-order valence-electron chi connectivity index (χ1n) is 4.14. The number of carbonyl (C=O) groups excluding carboxylic acids is 1. The Bertz CT molecular complexity index is 165. The molecule has 0 aromatic rings. The van der Waals surface area contributed by atoms with Crippen LogP contribution in [0.1, 0.15) is 19.3 Å². The molecule has 3 nitrogen and oxygen atoms in total. The third kappa shape index (κ3) is 1.30. The molecule has 0 aromatic carbocycles. The first-order valence-corrected chi connectivity index (χ1v) is 4.14. The van der Waals surface area contributed by atoms with Crippen molar-refractivity contribution in [3.63, 3.8) is 0 Å². The van der Waals surface area contributed by atoms with E-state index in [1.165, 1.54) is 0 Å². The summed E-state index contributed by atoms with van der Waals surface area (Å²) in [7, 11) is 0. The van der Waals surface area contributed by atoms with Crippen LogP contribution in [0, 0.1) is 0 Å². The number of ether oxygens (including phenoxy) is 2. The van der Waals surface area contributed by atoms with Gasteiger partial charge in [-0.3, -0.25) is 4.79 Å². The van der Waals surface area contributed by atoms with Gasteiger partial charge in [0, 0.05) is 6.42 Å². The van der Waals surface area contributed by atoms with E-state index in [0.29, 0.717) is 19.6 Å². The lowest BCUT2D eigenvalue weighted by atomic mass is 9.93. The maximum absolute atomic E-state index is 11.2. The van der Waals surface area contributed by atoms with E-state index in [9.17, 15) is 4.79 Å². The number of fused-ring (bicyclic) bond motifs is 1. The van der Waals surface area contributed by atoms with Gasteiger partial charge in [0.15, 0.2) is 5.78 Å². The van der Waals surface area contributed by atoms with E-state index < -0.39 is 0 Å². The number of ketones is 1. The van der Waals surface area contributed by atoms with Gasteiger partial charge in [0.05, 0.1) is 19.3 Å². The topological polar surface area (TPSA) is 35.5 Å². The van der Waals surface area contributed by atoms with Crippen LogP contribution >= 0.6 is 0 Å². The van der Waals surface area contributed by atoms with Crippen molar-refractivity contribution in [3.05, 3.63) is 0 Å². The van der Waals surface area contributed by atoms with E-state index in [1.807, 2.05) is 0 Å². The van der Waals surface area contributed by atoms with Gasteiger partial charge in [-0.15, -0.1) is 0 Å². The van der Waals surface area contributed by atoms with Crippen LogP contribution in [0.4, 0.5) is 0 Å². The lowest BCUT2D eigenvalue weighted by molar-refractivity contribution is -0.170. The van der Waals surface area contributed by atoms with Gasteiger partial charge in [0.25, 0.3) is 0 Å². The minimum atomic E-state index is -0.238. The molecule has 3 heteroatoms. The number of hydrogen-bond acceptors (Lipinski definition) is 3. The summed E-state index contributed by atoms with van der Waals surface area (Å²) in [6.07, 6.45) is 2.44. The van der Waals surface area contributed by atoms with Crippen molar-refractivity contribution in [1.82, 2.24) is 0 Å². The summed E-state index contributed by atoms with van der Waals surface area (Å²) in [5.74, 6) is 0.223. The Hall–Kier alpha value is -0.410. The summed E-state index contributed by atoms with van der Waals surface area (Å²) >= 11 is 0. The summed E-state index contributed by atoms with van der Waals surface area (Å²) in [6, 6.07) is 0. The summed E-state index contributed by atoms with van der Waals surface area (Å²) in [5, 5.41) is 0. The largest absolute Gasteiger partial charge is 0.373 e. The van der Waals surface area contributed by atoms with Gasteiger partial charge >= 0.3 is 0 Å². The molecule has 2 rings (SSSR count). The van der Waals surface area contributed by atoms with Gasteiger partial charge in [0.1, 0.15) is 6.10 Å². The lowest BCUT2D eigenvalue weighted by Gasteiger charge is -2.33. The fraction of sp³-hybridized carbons (Fsp3) is 0.875. The fourth-order valence-electron chi connectivity index (χ4n) is 1.72. The van der Waals surface area contributed by atoms with Crippen LogP contribution in [0.5, 0.6) is 0 Å². The first-order chi connectivity index (χ1) is 5.38. The fourth-order valence-corrected chi connectivity index (χ4v) is 1.72. The van der Waals surface area contributed by atoms with Crippen molar-refractivity contribution in [3.8, 4) is 0 Å². The van der Waals surface area contributed by atoms with Crippen LogP contribution in [0.15, 0.2) is 0 Å². The number of rotatable bonds is 0. The highest BCUT2D eigenvalue weighted by atomic mass is 16.6. The van der Waals surface area contributed by atoms with Crippen LogP contribution in [-0.4, -0.2) is 31.2 Å². The second-order valence-corrected chi connectivity index (χ2v) is 3.06. The highest BCUT2D eigenvalue weighted by Gasteiger charge is 2.35. The number of hydrogen-bond donors (Lipinski definition) is 0. The van der Waals surface area contributed by atoms with Crippen molar-refractivity contribution in [1.29, 1.82) is 0 Å². The van der Waals surface area contributed by atoms with E-state index >= 15 is 0 Å². The molecule has 0 amide bonds. The molecule has 0 bridgehead atoms. The zero-order valence-corrected chi connectivity index (χ0v) is 6.41. The van der Waals surface area contributed by atoms with Crippen molar-refractivity contribution in [2.75, 3.05) is 13.2 Å². The molecule has 1 heterocycles. The normalized spacial score (nSPS) is 38.4. The molecular weight excluding hydrogens is 144 g/mol. The Morgan fingerprint density at radius 3 is 2.91 bits per heavy atom. The van der Waals surface area contributed by atoms with Crippen LogP contribution in [0.25, 0.3) is 0 Å².